The molecular weight excluding hydrogens is 228 g/mol. The van der Waals surface area contributed by atoms with E-state index in [0.717, 1.165) is 6.42 Å². The minimum absolute atomic E-state index is 0.0323. The average molecular weight is 254 g/mol. The number of nitrogens with zero attached hydrogens (tertiary/aromatic N) is 1. The monoisotopic (exact) mass is 254 g/mol. The number of hydrogen-bond donors (Lipinski definition) is 2. The Balaban J connectivity index is 2.04. The fourth-order valence-electron chi connectivity index (χ4n) is 3.76. The molecule has 0 radical (unpaired) electrons. The number of carbonyl (C=O) groups is 1. The Bertz CT molecular complexity index is 304. The summed E-state index contributed by atoms with van der Waals surface area (Å²) in [6.07, 6.45) is 4.16. The van der Waals surface area contributed by atoms with Crippen LogP contribution < -0.4 is 5.73 Å². The zero-order valence-corrected chi connectivity index (χ0v) is 11.5. The van der Waals surface area contributed by atoms with E-state index in [1.165, 1.54) is 12.8 Å². The molecule has 2 saturated carbocycles. The normalized spacial score (nSPS) is 34.3. The molecule has 2 aliphatic carbocycles. The van der Waals surface area contributed by atoms with Gasteiger partial charge in [-0.25, -0.2) is 0 Å². The fourth-order valence-corrected chi connectivity index (χ4v) is 3.76. The number of nitrogens with two attached hydrogens (primary N) is 1. The SMILES string of the molecule is CC(C)N(CCCO)C(=O)C1C2CCC(C2)C1N. The van der Waals surface area contributed by atoms with E-state index in [1.54, 1.807) is 0 Å². The molecule has 0 saturated heterocycles. The summed E-state index contributed by atoms with van der Waals surface area (Å²) in [4.78, 5) is 14.6. The maximum absolute atomic E-state index is 12.7. The Kier molecular flexibility index (Phi) is 4.28. The van der Waals surface area contributed by atoms with Gasteiger partial charge in [-0.3, -0.25) is 4.79 Å². The molecule has 0 aromatic carbocycles. The number of fused-ring (bicyclic) bond motifs is 2. The highest BCUT2D eigenvalue weighted by Crippen LogP contribution is 2.48. The minimum atomic E-state index is 0.0323. The molecule has 0 aliphatic heterocycles. The lowest BCUT2D eigenvalue weighted by molar-refractivity contribution is -0.139. The molecule has 4 unspecified atom stereocenters. The summed E-state index contributed by atoms with van der Waals surface area (Å²) in [5.41, 5.74) is 6.23. The molecule has 4 heteroatoms. The van der Waals surface area contributed by atoms with Gasteiger partial charge >= 0.3 is 0 Å². The molecule has 104 valence electrons. The molecular formula is C14H26N2O2. The summed E-state index contributed by atoms with van der Waals surface area (Å²) in [5, 5.41) is 8.94. The van der Waals surface area contributed by atoms with Crippen LogP contribution in [0.4, 0.5) is 0 Å². The Morgan fingerprint density at radius 3 is 2.56 bits per heavy atom. The highest BCUT2D eigenvalue weighted by molar-refractivity contribution is 5.81. The van der Waals surface area contributed by atoms with E-state index in [-0.39, 0.29) is 30.5 Å². The first-order valence-electron chi connectivity index (χ1n) is 7.23. The van der Waals surface area contributed by atoms with E-state index in [1.807, 2.05) is 18.7 Å². The van der Waals surface area contributed by atoms with Crippen LogP contribution in [0.2, 0.25) is 0 Å². The number of aliphatic hydroxyl groups excluding tert-OH is 1. The maximum atomic E-state index is 12.7. The molecule has 2 rings (SSSR count). The van der Waals surface area contributed by atoms with E-state index in [9.17, 15) is 4.79 Å². The van der Waals surface area contributed by atoms with Crippen molar-refractivity contribution < 1.29 is 9.90 Å². The predicted octanol–water partition coefficient (Wildman–Crippen LogP) is 0.979. The predicted molar refractivity (Wildman–Crippen MR) is 70.8 cm³/mol. The van der Waals surface area contributed by atoms with Crippen LogP contribution in [-0.4, -0.2) is 41.1 Å². The largest absolute Gasteiger partial charge is 0.396 e. The first kappa shape index (κ1) is 13.8. The molecule has 18 heavy (non-hydrogen) atoms. The van der Waals surface area contributed by atoms with E-state index in [2.05, 4.69) is 0 Å². The van der Waals surface area contributed by atoms with Gasteiger partial charge in [-0.1, -0.05) is 0 Å². The first-order valence-corrected chi connectivity index (χ1v) is 7.23. The molecule has 0 aromatic heterocycles. The van der Waals surface area contributed by atoms with Gasteiger partial charge in [0.1, 0.15) is 0 Å². The van der Waals surface area contributed by atoms with Crippen molar-refractivity contribution in [2.24, 2.45) is 23.5 Å². The van der Waals surface area contributed by atoms with Gasteiger partial charge in [0.15, 0.2) is 0 Å². The Morgan fingerprint density at radius 2 is 2.06 bits per heavy atom. The Morgan fingerprint density at radius 1 is 1.39 bits per heavy atom. The van der Waals surface area contributed by atoms with Crippen LogP contribution in [0.25, 0.3) is 0 Å². The van der Waals surface area contributed by atoms with Crippen LogP contribution in [-0.2, 0) is 4.79 Å². The molecule has 1 amide bonds. The van der Waals surface area contributed by atoms with Crippen LogP contribution in [0.3, 0.4) is 0 Å². The van der Waals surface area contributed by atoms with Gasteiger partial charge in [0, 0.05) is 25.2 Å². The van der Waals surface area contributed by atoms with E-state index in [0.29, 0.717) is 24.8 Å². The van der Waals surface area contributed by atoms with Crippen molar-refractivity contribution in [1.82, 2.24) is 4.90 Å². The quantitative estimate of drug-likeness (QED) is 0.768. The third kappa shape index (κ3) is 2.41. The second-order valence-corrected chi connectivity index (χ2v) is 6.14. The van der Waals surface area contributed by atoms with Gasteiger partial charge in [-0.05, 0) is 51.4 Å². The smallest absolute Gasteiger partial charge is 0.227 e. The van der Waals surface area contributed by atoms with Gasteiger partial charge < -0.3 is 15.7 Å². The number of amides is 1. The van der Waals surface area contributed by atoms with Crippen molar-refractivity contribution in [2.45, 2.75) is 51.6 Å². The summed E-state index contributed by atoms with van der Waals surface area (Å²) < 4.78 is 0. The van der Waals surface area contributed by atoms with Crippen LogP contribution in [0.15, 0.2) is 0 Å². The molecule has 3 N–H and O–H groups in total. The van der Waals surface area contributed by atoms with Crippen molar-refractivity contribution in [3.63, 3.8) is 0 Å². The molecule has 0 spiro atoms. The minimum Gasteiger partial charge on any atom is -0.396 e. The van der Waals surface area contributed by atoms with Gasteiger partial charge in [0.05, 0.1) is 5.92 Å². The Labute approximate surface area is 110 Å². The van der Waals surface area contributed by atoms with Crippen LogP contribution in [0, 0.1) is 17.8 Å². The third-order valence-electron chi connectivity index (χ3n) is 4.73. The van der Waals surface area contributed by atoms with Gasteiger partial charge in [0.25, 0.3) is 0 Å². The van der Waals surface area contributed by atoms with Crippen LogP contribution >= 0.6 is 0 Å². The number of rotatable bonds is 5. The van der Waals surface area contributed by atoms with Crippen LogP contribution in [0.5, 0.6) is 0 Å². The van der Waals surface area contributed by atoms with Crippen molar-refractivity contribution in [3.05, 3.63) is 0 Å². The number of aliphatic hydroxyl groups is 1. The third-order valence-corrected chi connectivity index (χ3v) is 4.73. The molecule has 4 atom stereocenters. The molecule has 2 fully saturated rings. The molecule has 0 heterocycles. The van der Waals surface area contributed by atoms with Gasteiger partial charge in [0.2, 0.25) is 5.91 Å². The first-order chi connectivity index (χ1) is 8.56. The standard InChI is InChI=1S/C14H26N2O2/c1-9(2)16(6-3-7-17)14(18)12-10-4-5-11(8-10)13(12)15/h9-13,17H,3-8,15H2,1-2H3. The van der Waals surface area contributed by atoms with Crippen molar-refractivity contribution in [3.8, 4) is 0 Å². The lowest BCUT2D eigenvalue weighted by atomic mass is 9.83. The van der Waals surface area contributed by atoms with Crippen molar-refractivity contribution in [2.75, 3.05) is 13.2 Å². The highest BCUT2D eigenvalue weighted by Gasteiger charge is 2.50. The summed E-state index contributed by atoms with van der Waals surface area (Å²) in [5.74, 6) is 1.33. The van der Waals surface area contributed by atoms with E-state index in [4.69, 9.17) is 10.8 Å². The topological polar surface area (TPSA) is 66.6 Å². The summed E-state index contributed by atoms with van der Waals surface area (Å²) in [6.45, 7) is 4.86. The van der Waals surface area contributed by atoms with Gasteiger partial charge in [-0.2, -0.15) is 0 Å². The molecule has 2 aliphatic rings. The molecule has 0 aromatic rings. The fraction of sp³-hybridized carbons (Fsp3) is 0.929. The molecule has 4 nitrogen and oxygen atoms in total. The second-order valence-electron chi connectivity index (χ2n) is 6.14. The second kappa shape index (κ2) is 5.57. The number of carbonyl (C=O) groups excluding carboxylic acids is 1. The molecule has 2 bridgehead atoms. The van der Waals surface area contributed by atoms with Crippen molar-refractivity contribution >= 4 is 5.91 Å². The zero-order chi connectivity index (χ0) is 13.3. The van der Waals surface area contributed by atoms with E-state index < -0.39 is 0 Å². The number of hydrogen-bond acceptors (Lipinski definition) is 3. The van der Waals surface area contributed by atoms with Crippen molar-refractivity contribution in [1.29, 1.82) is 0 Å². The highest BCUT2D eigenvalue weighted by atomic mass is 16.3. The lowest BCUT2D eigenvalue weighted by Gasteiger charge is -2.35. The van der Waals surface area contributed by atoms with Crippen LogP contribution in [0.1, 0.15) is 39.5 Å². The van der Waals surface area contributed by atoms with E-state index >= 15 is 0 Å². The van der Waals surface area contributed by atoms with Gasteiger partial charge in [-0.15, -0.1) is 0 Å². The zero-order valence-electron chi connectivity index (χ0n) is 11.5. The summed E-state index contributed by atoms with van der Waals surface area (Å²) in [6, 6.07) is 0.252. The summed E-state index contributed by atoms with van der Waals surface area (Å²) >= 11 is 0. The summed E-state index contributed by atoms with van der Waals surface area (Å²) in [7, 11) is 0. The lowest BCUT2D eigenvalue weighted by Crippen LogP contribution is -2.49. The maximum Gasteiger partial charge on any atom is 0.227 e. The average Bonchev–Trinajstić information content (AvgIpc) is 2.89. The Hall–Kier alpha value is -0.610.